The van der Waals surface area contributed by atoms with Crippen molar-refractivity contribution in [3.05, 3.63) is 102 Å². The Kier molecular flexibility index (Phi) is 7.13. The monoisotopic (exact) mass is 430 g/mol. The summed E-state index contributed by atoms with van der Waals surface area (Å²) < 4.78 is 20.1. The molecule has 3 aromatic carbocycles. The van der Waals surface area contributed by atoms with Gasteiger partial charge in [0.05, 0.1) is 24.3 Å². The van der Waals surface area contributed by atoms with E-state index < -0.39 is 12.8 Å². The van der Waals surface area contributed by atoms with Crippen molar-refractivity contribution < 1.29 is 9.30 Å². The molecule has 5 heteroatoms. The summed E-state index contributed by atoms with van der Waals surface area (Å²) in [6.07, 6.45) is 2.57. The first kappa shape index (κ1) is 22.6. The highest BCUT2D eigenvalue weighted by Crippen LogP contribution is 2.46. The predicted octanol–water partition coefficient (Wildman–Crippen LogP) is 5.29. The van der Waals surface area contributed by atoms with E-state index in [1.165, 1.54) is 0 Å². The lowest BCUT2D eigenvalue weighted by Gasteiger charge is -2.36. The number of nitriles is 1. The molecule has 3 aromatic rings. The predicted molar refractivity (Wildman–Crippen MR) is 127 cm³/mol. The first-order valence-corrected chi connectivity index (χ1v) is 11.9. The van der Waals surface area contributed by atoms with E-state index in [0.29, 0.717) is 28.4 Å². The van der Waals surface area contributed by atoms with Gasteiger partial charge in [0.15, 0.2) is 0 Å². The molecule has 31 heavy (non-hydrogen) atoms. The van der Waals surface area contributed by atoms with Crippen LogP contribution in [0.1, 0.15) is 25.8 Å². The summed E-state index contributed by atoms with van der Waals surface area (Å²) in [5.41, 5.74) is 0.316. The third kappa shape index (κ3) is 4.64. The van der Waals surface area contributed by atoms with Crippen LogP contribution in [0.4, 0.5) is 0 Å². The lowest BCUT2D eigenvalue weighted by molar-refractivity contribution is 0.412. The normalized spacial score (nSPS) is 13.8. The number of nitrogens with one attached hydrogen (secondary N) is 1. The highest BCUT2D eigenvalue weighted by atomic mass is 31.2. The molecule has 4 nitrogen and oxygen atoms in total. The molecule has 0 unspecified atom stereocenters. The first-order valence-electron chi connectivity index (χ1n) is 10.2. The van der Waals surface area contributed by atoms with Crippen LogP contribution in [0.2, 0.25) is 0 Å². The Hall–Kier alpha value is -3.12. The summed E-state index contributed by atoms with van der Waals surface area (Å²) in [6.45, 7) is 3.89. The maximum absolute atomic E-state index is 14.7. The standard InChI is InChI=1S/C26H27N2O2P/c1-4-12-22(20-27)26(2,21-13-11-14-23(19-21)30-3)28-31(29,24-15-7-5-8-16-24)25-17-9-6-10-18-25/h5-19H,4H2,1-3H3,(H,28,29)/b22-12-/t26-/m1/s1. The second kappa shape index (κ2) is 9.79. The molecule has 0 spiro atoms. The molecular formula is C26H27N2O2P. The van der Waals surface area contributed by atoms with Crippen LogP contribution in [0.3, 0.4) is 0 Å². The second-order valence-electron chi connectivity index (χ2n) is 7.39. The van der Waals surface area contributed by atoms with Gasteiger partial charge in [0.25, 0.3) is 0 Å². The minimum Gasteiger partial charge on any atom is -0.497 e. The first-order chi connectivity index (χ1) is 15.0. The van der Waals surface area contributed by atoms with Gasteiger partial charge in [-0.3, -0.25) is 4.57 Å². The Morgan fingerprint density at radius 3 is 2.10 bits per heavy atom. The lowest BCUT2D eigenvalue weighted by atomic mass is 9.85. The van der Waals surface area contributed by atoms with Gasteiger partial charge in [-0.15, -0.1) is 0 Å². The van der Waals surface area contributed by atoms with Gasteiger partial charge >= 0.3 is 0 Å². The van der Waals surface area contributed by atoms with Gasteiger partial charge in [-0.05, 0) is 55.3 Å². The van der Waals surface area contributed by atoms with E-state index in [4.69, 9.17) is 4.74 Å². The third-order valence-corrected chi connectivity index (χ3v) is 8.15. The number of nitrogens with zero attached hydrogens (tertiary/aromatic N) is 1. The van der Waals surface area contributed by atoms with E-state index >= 15 is 0 Å². The topological polar surface area (TPSA) is 62.1 Å². The molecule has 158 valence electrons. The van der Waals surface area contributed by atoms with E-state index in [1.807, 2.05) is 105 Å². The zero-order valence-electron chi connectivity index (χ0n) is 18.1. The van der Waals surface area contributed by atoms with Crippen molar-refractivity contribution in [2.45, 2.75) is 25.8 Å². The molecular weight excluding hydrogens is 403 g/mol. The van der Waals surface area contributed by atoms with Gasteiger partial charge < -0.3 is 4.74 Å². The van der Waals surface area contributed by atoms with Crippen molar-refractivity contribution in [1.82, 2.24) is 5.09 Å². The number of rotatable bonds is 8. The highest BCUT2D eigenvalue weighted by molar-refractivity contribution is 7.77. The lowest BCUT2D eigenvalue weighted by Crippen LogP contribution is -2.43. The van der Waals surface area contributed by atoms with E-state index in [9.17, 15) is 9.83 Å². The molecule has 0 saturated heterocycles. The zero-order chi connectivity index (χ0) is 22.3. The molecule has 0 fully saturated rings. The van der Waals surface area contributed by atoms with Gasteiger partial charge in [-0.2, -0.15) is 5.26 Å². The number of methoxy groups -OCH3 is 1. The maximum Gasteiger partial charge on any atom is 0.205 e. The Labute approximate surface area is 184 Å². The van der Waals surface area contributed by atoms with Crippen molar-refractivity contribution in [2.75, 3.05) is 7.11 Å². The Morgan fingerprint density at radius 2 is 1.61 bits per heavy atom. The summed E-state index contributed by atoms with van der Waals surface area (Å²) >= 11 is 0. The fraction of sp³-hybridized carbons (Fsp3) is 0.192. The van der Waals surface area contributed by atoms with Crippen LogP contribution in [0.15, 0.2) is 96.6 Å². The van der Waals surface area contributed by atoms with Crippen LogP contribution in [0, 0.1) is 11.3 Å². The Bertz CT molecular complexity index is 1090. The number of hydrogen-bond donors (Lipinski definition) is 1. The highest BCUT2D eigenvalue weighted by Gasteiger charge is 2.40. The minimum absolute atomic E-state index is 0.510. The third-order valence-electron chi connectivity index (χ3n) is 5.34. The molecule has 1 N–H and O–H groups in total. The van der Waals surface area contributed by atoms with Crippen LogP contribution < -0.4 is 20.4 Å². The zero-order valence-corrected chi connectivity index (χ0v) is 19.0. The van der Waals surface area contributed by atoms with E-state index in [2.05, 4.69) is 11.2 Å². The maximum atomic E-state index is 14.7. The average Bonchev–Trinajstić information content (AvgIpc) is 2.83. The smallest absolute Gasteiger partial charge is 0.205 e. The van der Waals surface area contributed by atoms with Crippen LogP contribution in [-0.2, 0) is 10.1 Å². The van der Waals surface area contributed by atoms with Crippen LogP contribution in [0.25, 0.3) is 0 Å². The molecule has 1 atom stereocenters. The Balaban J connectivity index is 2.26. The van der Waals surface area contributed by atoms with Crippen molar-refractivity contribution in [3.8, 4) is 11.8 Å². The van der Waals surface area contributed by atoms with Gasteiger partial charge in [-0.1, -0.05) is 61.5 Å². The number of benzene rings is 3. The summed E-state index contributed by atoms with van der Waals surface area (Å²) in [7, 11) is -1.70. The molecule has 0 saturated carbocycles. The summed E-state index contributed by atoms with van der Waals surface area (Å²) in [6, 6.07) is 28.7. The summed E-state index contributed by atoms with van der Waals surface area (Å²) in [5.74, 6) is 0.675. The SMILES string of the molecule is CC/C=C(/C#N)[C@](C)(NP(=O)(c1ccccc1)c1ccccc1)c1cccc(OC)c1. The van der Waals surface area contributed by atoms with Crippen molar-refractivity contribution in [3.63, 3.8) is 0 Å². The van der Waals surface area contributed by atoms with E-state index in [1.54, 1.807) is 7.11 Å². The molecule has 0 aromatic heterocycles. The van der Waals surface area contributed by atoms with Crippen molar-refractivity contribution >= 4 is 17.9 Å². The van der Waals surface area contributed by atoms with Gasteiger partial charge in [0, 0.05) is 10.6 Å². The molecule has 0 radical (unpaired) electrons. The fourth-order valence-electron chi connectivity index (χ4n) is 3.65. The largest absolute Gasteiger partial charge is 0.497 e. The van der Waals surface area contributed by atoms with Crippen LogP contribution in [-0.4, -0.2) is 7.11 Å². The average molecular weight is 430 g/mol. The molecule has 0 heterocycles. The van der Waals surface area contributed by atoms with Gasteiger partial charge in [0.1, 0.15) is 5.75 Å². The van der Waals surface area contributed by atoms with Crippen LogP contribution >= 0.6 is 7.29 Å². The second-order valence-corrected chi connectivity index (χ2v) is 9.86. The molecule has 0 bridgehead atoms. The Morgan fingerprint density at radius 1 is 1.03 bits per heavy atom. The fourth-order valence-corrected chi connectivity index (χ4v) is 6.27. The quantitative estimate of drug-likeness (QED) is 0.390. The molecule has 0 aliphatic rings. The van der Waals surface area contributed by atoms with Crippen molar-refractivity contribution in [2.24, 2.45) is 0 Å². The van der Waals surface area contributed by atoms with Crippen molar-refractivity contribution in [1.29, 1.82) is 5.26 Å². The minimum atomic E-state index is -3.31. The van der Waals surface area contributed by atoms with E-state index in [0.717, 1.165) is 5.56 Å². The molecule has 0 aliphatic carbocycles. The molecule has 0 amide bonds. The van der Waals surface area contributed by atoms with Crippen LogP contribution in [0.5, 0.6) is 5.75 Å². The number of ether oxygens (including phenoxy) is 1. The van der Waals surface area contributed by atoms with Gasteiger partial charge in [0.2, 0.25) is 7.29 Å². The molecule has 0 aliphatic heterocycles. The summed E-state index contributed by atoms with van der Waals surface area (Å²) in [5, 5.41) is 14.9. The van der Waals surface area contributed by atoms with Gasteiger partial charge in [-0.25, -0.2) is 5.09 Å². The van der Waals surface area contributed by atoms with E-state index in [-0.39, 0.29) is 0 Å². The summed E-state index contributed by atoms with van der Waals surface area (Å²) in [4.78, 5) is 0. The molecule has 3 rings (SSSR count). The number of hydrogen-bond acceptors (Lipinski definition) is 3. The number of allylic oxidation sites excluding steroid dienone is 1.